The van der Waals surface area contributed by atoms with E-state index in [4.69, 9.17) is 0 Å². The lowest BCUT2D eigenvalue weighted by atomic mass is 9.77. The van der Waals surface area contributed by atoms with E-state index in [0.717, 1.165) is 65.9 Å². The quantitative estimate of drug-likeness (QED) is 0.266. The van der Waals surface area contributed by atoms with Crippen molar-refractivity contribution in [2.24, 2.45) is 0 Å². The summed E-state index contributed by atoms with van der Waals surface area (Å²) < 4.78 is 74.2. The molecule has 2 aromatic carbocycles. The van der Waals surface area contributed by atoms with Gasteiger partial charge in [-0.3, -0.25) is 0 Å². The lowest BCUT2D eigenvalue weighted by Crippen LogP contribution is -2.23. The van der Waals surface area contributed by atoms with Crippen molar-refractivity contribution in [2.75, 3.05) is 31.1 Å². The van der Waals surface area contributed by atoms with E-state index < -0.39 is 30.0 Å². The van der Waals surface area contributed by atoms with Crippen LogP contribution in [-0.2, 0) is 26.7 Å². The Morgan fingerprint density at radius 2 is 1.49 bits per heavy atom. The number of fused-ring (bicyclic) bond motifs is 2. The third kappa shape index (κ3) is 5.89. The minimum atomic E-state index is -5.12. The fraction of sp³-hybridized carbons (Fsp3) is 0.310. The molecular formula is C29H34N2O6S2. The third-order valence-corrected chi connectivity index (χ3v) is 8.84. The van der Waals surface area contributed by atoms with Gasteiger partial charge in [-0.2, -0.15) is 0 Å². The van der Waals surface area contributed by atoms with Crippen molar-refractivity contribution in [3.63, 3.8) is 0 Å². The fourth-order valence-corrected chi connectivity index (χ4v) is 6.51. The van der Waals surface area contributed by atoms with Gasteiger partial charge in [-0.1, -0.05) is 12.1 Å². The molecule has 2 aliphatic rings. The number of rotatable bonds is 8. The Kier molecular flexibility index (Phi) is 8.96. The van der Waals surface area contributed by atoms with Crippen molar-refractivity contribution in [1.82, 2.24) is 0 Å². The summed E-state index contributed by atoms with van der Waals surface area (Å²) in [5.41, 5.74) is 6.08. The standard InChI is InChI=1S/C28H32N2O6S2.CH3/c1-5-29(6-2)21-9-12-24-19(16-21)15-20-17-22(30(7-3)8-4)10-13-25(20)28(24)26-14-11-23(37(31,32)33)18-27(26)38(34,35)36;/h9-14,16-18H,5-8,15H2,1-4H3,(H-,31,32,33,34,35,36);1H3/q;+1/p-1. The van der Waals surface area contributed by atoms with Gasteiger partial charge in [-0.05, 0) is 92.3 Å². The van der Waals surface area contributed by atoms with Crippen LogP contribution in [0.15, 0.2) is 75.6 Å². The summed E-state index contributed by atoms with van der Waals surface area (Å²) in [6, 6.07) is 8.94. The van der Waals surface area contributed by atoms with Gasteiger partial charge in [-0.25, -0.2) is 21.4 Å². The SMILES string of the molecule is CCN(CC)c1ccc2c(c1)CC1=CC(=[N+](CC)CC)C=CC1=C2c1ccc(S(=O)(=O)[O-])cc1S(=O)(=O)[O-].[CH3+]. The minimum absolute atomic E-state index is 0. The van der Waals surface area contributed by atoms with Crippen molar-refractivity contribution in [3.05, 3.63) is 89.9 Å². The van der Waals surface area contributed by atoms with Crippen LogP contribution in [0, 0.1) is 7.43 Å². The van der Waals surface area contributed by atoms with Crippen LogP contribution in [0.25, 0.3) is 5.57 Å². The minimum Gasteiger partial charge on any atom is -0.744 e. The summed E-state index contributed by atoms with van der Waals surface area (Å²) in [6.45, 7) is 11.6. The Morgan fingerprint density at radius 1 is 0.846 bits per heavy atom. The van der Waals surface area contributed by atoms with Crippen LogP contribution >= 0.6 is 0 Å². The summed E-state index contributed by atoms with van der Waals surface area (Å²) in [7, 11) is -10.1. The molecule has 0 radical (unpaired) electrons. The Bertz CT molecular complexity index is 1620. The Labute approximate surface area is 232 Å². The molecule has 10 heteroatoms. The molecule has 0 aliphatic heterocycles. The van der Waals surface area contributed by atoms with Gasteiger partial charge in [0.2, 0.25) is 0 Å². The Balaban J connectivity index is 0.00000420. The van der Waals surface area contributed by atoms with Crippen LogP contribution in [0.5, 0.6) is 0 Å². The maximum Gasteiger partial charge on any atom is 0.200 e. The van der Waals surface area contributed by atoms with Gasteiger partial charge in [0.05, 0.1) is 9.79 Å². The van der Waals surface area contributed by atoms with E-state index in [9.17, 15) is 25.9 Å². The highest BCUT2D eigenvalue weighted by Crippen LogP contribution is 2.43. The molecule has 4 rings (SSSR count). The normalized spacial score (nSPS) is 14.8. The molecule has 0 fully saturated rings. The molecule has 0 heterocycles. The van der Waals surface area contributed by atoms with E-state index in [-0.39, 0.29) is 13.0 Å². The van der Waals surface area contributed by atoms with Gasteiger partial charge in [-0.15, -0.1) is 0 Å². The highest BCUT2D eigenvalue weighted by atomic mass is 32.2. The van der Waals surface area contributed by atoms with Crippen LogP contribution in [0.4, 0.5) is 5.69 Å². The van der Waals surface area contributed by atoms with Gasteiger partial charge in [0.25, 0.3) is 0 Å². The zero-order valence-electron chi connectivity index (χ0n) is 22.9. The third-order valence-electron chi connectivity index (χ3n) is 7.13. The largest absolute Gasteiger partial charge is 0.744 e. The van der Waals surface area contributed by atoms with Crippen molar-refractivity contribution in [2.45, 2.75) is 43.9 Å². The number of hydrogen-bond donors (Lipinski definition) is 0. The second kappa shape index (κ2) is 11.5. The molecule has 2 aromatic rings. The highest BCUT2D eigenvalue weighted by Gasteiger charge is 2.29. The number of allylic oxidation sites excluding steroid dienone is 5. The van der Waals surface area contributed by atoms with Gasteiger partial charge < -0.3 is 14.0 Å². The van der Waals surface area contributed by atoms with E-state index in [1.807, 2.05) is 24.3 Å². The van der Waals surface area contributed by atoms with Crippen LogP contribution in [-0.4, -0.2) is 62.4 Å². The summed E-state index contributed by atoms with van der Waals surface area (Å²) in [5, 5.41) is 0. The molecule has 0 bridgehead atoms. The average Bonchev–Trinajstić information content (AvgIpc) is 2.87. The fourth-order valence-electron chi connectivity index (χ4n) is 5.22. The first kappa shape index (κ1) is 30.4. The predicted octanol–water partition coefficient (Wildman–Crippen LogP) is 4.14. The summed E-state index contributed by atoms with van der Waals surface area (Å²) >= 11 is 0. The Morgan fingerprint density at radius 3 is 2.05 bits per heavy atom. The zero-order valence-corrected chi connectivity index (χ0v) is 24.5. The van der Waals surface area contributed by atoms with Gasteiger partial charge in [0, 0.05) is 43.9 Å². The molecule has 0 saturated carbocycles. The molecule has 8 nitrogen and oxygen atoms in total. The summed E-state index contributed by atoms with van der Waals surface area (Å²) in [6.07, 6.45) is 6.56. The van der Waals surface area contributed by atoms with Crippen molar-refractivity contribution in [3.8, 4) is 0 Å². The molecule has 0 unspecified atom stereocenters. The number of anilines is 1. The average molecular weight is 571 g/mol. The van der Waals surface area contributed by atoms with Crippen molar-refractivity contribution in [1.29, 1.82) is 0 Å². The van der Waals surface area contributed by atoms with E-state index in [1.54, 1.807) is 0 Å². The molecule has 2 aliphatic carbocycles. The van der Waals surface area contributed by atoms with Gasteiger partial charge in [0.1, 0.15) is 33.3 Å². The van der Waals surface area contributed by atoms with E-state index in [2.05, 4.69) is 49.3 Å². The van der Waals surface area contributed by atoms with E-state index in [1.165, 1.54) is 6.07 Å². The molecule has 0 amide bonds. The first-order valence-electron chi connectivity index (χ1n) is 12.6. The zero-order chi connectivity index (χ0) is 27.8. The smallest absolute Gasteiger partial charge is 0.200 e. The van der Waals surface area contributed by atoms with Gasteiger partial charge >= 0.3 is 0 Å². The monoisotopic (exact) mass is 570 g/mol. The van der Waals surface area contributed by atoms with Crippen molar-refractivity contribution < 1.29 is 30.5 Å². The highest BCUT2D eigenvalue weighted by molar-refractivity contribution is 7.86. The van der Waals surface area contributed by atoms with Crippen LogP contribution in [0.1, 0.15) is 44.4 Å². The predicted molar refractivity (Wildman–Crippen MR) is 152 cm³/mol. The molecule has 208 valence electrons. The second-order valence-corrected chi connectivity index (χ2v) is 11.9. The lowest BCUT2D eigenvalue weighted by Gasteiger charge is -2.30. The molecule has 0 aromatic heterocycles. The maximum absolute atomic E-state index is 12.4. The van der Waals surface area contributed by atoms with E-state index >= 15 is 0 Å². The summed E-state index contributed by atoms with van der Waals surface area (Å²) in [4.78, 5) is 0.716. The number of nitrogens with zero attached hydrogens (tertiary/aromatic N) is 2. The van der Waals surface area contributed by atoms with Crippen molar-refractivity contribution >= 4 is 37.2 Å². The van der Waals surface area contributed by atoms with Crippen LogP contribution in [0.3, 0.4) is 0 Å². The topological polar surface area (TPSA) is 121 Å². The maximum atomic E-state index is 12.4. The molecule has 0 saturated heterocycles. The summed E-state index contributed by atoms with van der Waals surface area (Å²) in [5.74, 6) is 0. The van der Waals surface area contributed by atoms with Gasteiger partial charge in [0.15, 0.2) is 5.71 Å². The van der Waals surface area contributed by atoms with Crippen LogP contribution < -0.4 is 4.90 Å². The van der Waals surface area contributed by atoms with E-state index in [0.29, 0.717) is 18.1 Å². The molecule has 0 atom stereocenters. The molecule has 0 N–H and O–H groups in total. The molecule has 39 heavy (non-hydrogen) atoms. The first-order valence-corrected chi connectivity index (χ1v) is 15.4. The first-order chi connectivity index (χ1) is 17.9. The van der Waals surface area contributed by atoms with Crippen LogP contribution in [0.2, 0.25) is 0 Å². The molecular weight excluding hydrogens is 536 g/mol. The lowest BCUT2D eigenvalue weighted by molar-refractivity contribution is -0.519. The number of hydrogen-bond acceptors (Lipinski definition) is 7. The Hall–Kier alpha value is -3.18. The number of benzene rings is 2. The molecule has 0 spiro atoms. The second-order valence-electron chi connectivity index (χ2n) is 9.15.